The first kappa shape index (κ1) is 17.0. The minimum atomic E-state index is -0.252. The Balaban J connectivity index is 1.63. The smallest absolute Gasteiger partial charge is 0.274 e. The highest BCUT2D eigenvalue weighted by molar-refractivity contribution is 5.96. The third-order valence-corrected chi connectivity index (χ3v) is 4.57. The maximum Gasteiger partial charge on any atom is 0.274 e. The van der Waals surface area contributed by atoms with Gasteiger partial charge in [-0.25, -0.2) is 0 Å². The molecule has 0 fully saturated rings. The summed E-state index contributed by atoms with van der Waals surface area (Å²) in [5.41, 5.74) is 2.71. The second-order valence-corrected chi connectivity index (χ2v) is 6.42. The monoisotopic (exact) mass is 339 g/mol. The van der Waals surface area contributed by atoms with Crippen LogP contribution in [0.15, 0.2) is 41.3 Å². The number of nitrogens with one attached hydrogen (secondary N) is 2. The molecule has 0 bridgehead atoms. The summed E-state index contributed by atoms with van der Waals surface area (Å²) in [7, 11) is 1.64. The SMILES string of the molecule is Cc1ccn(C)c(=O)c1NC(=O)CC[C@@H]1Cc2ccccc2NC1=O. The Labute approximate surface area is 145 Å². The van der Waals surface area contributed by atoms with Crippen LogP contribution in [0.4, 0.5) is 11.4 Å². The molecule has 1 aliphatic rings. The van der Waals surface area contributed by atoms with E-state index in [4.69, 9.17) is 0 Å². The van der Waals surface area contributed by atoms with E-state index >= 15 is 0 Å². The van der Waals surface area contributed by atoms with Gasteiger partial charge in [0.2, 0.25) is 11.8 Å². The van der Waals surface area contributed by atoms with Gasteiger partial charge in [-0.1, -0.05) is 18.2 Å². The van der Waals surface area contributed by atoms with Crippen molar-refractivity contribution in [2.24, 2.45) is 13.0 Å². The molecule has 1 aliphatic heterocycles. The van der Waals surface area contributed by atoms with Crippen LogP contribution in [0.25, 0.3) is 0 Å². The van der Waals surface area contributed by atoms with E-state index in [9.17, 15) is 14.4 Å². The van der Waals surface area contributed by atoms with Crippen LogP contribution >= 0.6 is 0 Å². The molecule has 0 saturated carbocycles. The van der Waals surface area contributed by atoms with Crippen LogP contribution in [0.2, 0.25) is 0 Å². The van der Waals surface area contributed by atoms with Crippen molar-refractivity contribution in [1.82, 2.24) is 4.57 Å². The quantitative estimate of drug-likeness (QED) is 0.896. The van der Waals surface area contributed by atoms with Crippen molar-refractivity contribution in [3.05, 3.63) is 58.0 Å². The number of amides is 2. The van der Waals surface area contributed by atoms with Gasteiger partial charge in [0.05, 0.1) is 0 Å². The third-order valence-electron chi connectivity index (χ3n) is 4.57. The zero-order valence-corrected chi connectivity index (χ0v) is 14.3. The van der Waals surface area contributed by atoms with Gasteiger partial charge in [-0.3, -0.25) is 14.4 Å². The molecule has 2 heterocycles. The van der Waals surface area contributed by atoms with Gasteiger partial charge in [0.25, 0.3) is 5.56 Å². The predicted octanol–water partition coefficient (Wildman–Crippen LogP) is 2.22. The average molecular weight is 339 g/mol. The molecule has 3 rings (SSSR count). The molecule has 2 aromatic rings. The molecule has 1 atom stereocenters. The number of fused-ring (bicyclic) bond motifs is 1. The second-order valence-electron chi connectivity index (χ2n) is 6.42. The van der Waals surface area contributed by atoms with Crippen LogP contribution in [0.1, 0.15) is 24.0 Å². The maximum atomic E-state index is 12.2. The largest absolute Gasteiger partial charge is 0.326 e. The molecule has 1 aromatic heterocycles. The summed E-state index contributed by atoms with van der Waals surface area (Å²) >= 11 is 0. The molecule has 0 saturated heterocycles. The Morgan fingerprint density at radius 2 is 2.04 bits per heavy atom. The van der Waals surface area contributed by atoms with Gasteiger partial charge in [-0.05, 0) is 43.0 Å². The minimum absolute atomic E-state index is 0.0571. The zero-order valence-electron chi connectivity index (χ0n) is 14.3. The van der Waals surface area contributed by atoms with E-state index in [0.29, 0.717) is 18.5 Å². The molecular weight excluding hydrogens is 318 g/mol. The number of carbonyl (C=O) groups excluding carboxylic acids is 2. The van der Waals surface area contributed by atoms with Gasteiger partial charge in [0, 0.05) is 31.3 Å². The molecule has 0 unspecified atom stereocenters. The third kappa shape index (κ3) is 3.63. The number of rotatable bonds is 4. The van der Waals surface area contributed by atoms with Gasteiger partial charge in [0.1, 0.15) is 5.69 Å². The van der Waals surface area contributed by atoms with Crippen LogP contribution in [-0.2, 0) is 23.1 Å². The van der Waals surface area contributed by atoms with Crippen molar-refractivity contribution < 1.29 is 9.59 Å². The summed E-state index contributed by atoms with van der Waals surface area (Å²) < 4.78 is 1.42. The number of hydrogen-bond acceptors (Lipinski definition) is 3. The van der Waals surface area contributed by atoms with E-state index in [2.05, 4.69) is 10.6 Å². The summed E-state index contributed by atoms with van der Waals surface area (Å²) in [6.45, 7) is 1.78. The van der Waals surface area contributed by atoms with Gasteiger partial charge in [-0.15, -0.1) is 0 Å². The van der Waals surface area contributed by atoms with Crippen molar-refractivity contribution in [2.75, 3.05) is 10.6 Å². The molecule has 1 aromatic carbocycles. The van der Waals surface area contributed by atoms with Crippen LogP contribution in [-0.4, -0.2) is 16.4 Å². The number of hydrogen-bond donors (Lipinski definition) is 2. The van der Waals surface area contributed by atoms with Crippen molar-refractivity contribution in [3.8, 4) is 0 Å². The van der Waals surface area contributed by atoms with Crippen LogP contribution < -0.4 is 16.2 Å². The maximum absolute atomic E-state index is 12.2. The Morgan fingerprint density at radius 3 is 2.84 bits per heavy atom. The average Bonchev–Trinajstić information content (AvgIpc) is 2.60. The zero-order chi connectivity index (χ0) is 18.0. The van der Waals surface area contributed by atoms with Crippen molar-refractivity contribution >= 4 is 23.2 Å². The van der Waals surface area contributed by atoms with E-state index in [1.807, 2.05) is 24.3 Å². The standard InChI is InChI=1S/C19H21N3O3/c1-12-9-10-22(2)19(25)17(12)21-16(23)8-7-14-11-13-5-3-4-6-15(13)20-18(14)24/h3-6,9-10,14H,7-8,11H2,1-2H3,(H,20,24)(H,21,23)/t14-/m1/s1. The molecule has 0 aliphatic carbocycles. The summed E-state index contributed by atoms with van der Waals surface area (Å²) in [6.07, 6.45) is 2.93. The Morgan fingerprint density at radius 1 is 1.28 bits per heavy atom. The number of carbonyl (C=O) groups is 2. The van der Waals surface area contributed by atoms with E-state index in [1.165, 1.54) is 4.57 Å². The number of anilines is 2. The summed E-state index contributed by atoms with van der Waals surface area (Å²) in [5.74, 6) is -0.545. The van der Waals surface area contributed by atoms with Crippen LogP contribution in [0, 0.1) is 12.8 Å². The minimum Gasteiger partial charge on any atom is -0.326 e. The van der Waals surface area contributed by atoms with E-state index in [0.717, 1.165) is 16.8 Å². The van der Waals surface area contributed by atoms with Gasteiger partial charge in [0.15, 0.2) is 0 Å². The first-order valence-electron chi connectivity index (χ1n) is 8.30. The highest BCUT2D eigenvalue weighted by atomic mass is 16.2. The molecule has 2 N–H and O–H groups in total. The number of nitrogens with zero attached hydrogens (tertiary/aromatic N) is 1. The second kappa shape index (κ2) is 6.93. The topological polar surface area (TPSA) is 80.2 Å². The number of aromatic nitrogens is 1. The number of aryl methyl sites for hydroxylation is 2. The normalized spacial score (nSPS) is 16.1. The lowest BCUT2D eigenvalue weighted by molar-refractivity contribution is -0.121. The highest BCUT2D eigenvalue weighted by Gasteiger charge is 2.26. The highest BCUT2D eigenvalue weighted by Crippen LogP contribution is 2.27. The van der Waals surface area contributed by atoms with Gasteiger partial charge < -0.3 is 15.2 Å². The summed E-state index contributed by atoms with van der Waals surface area (Å²) in [5, 5.41) is 5.57. The summed E-state index contributed by atoms with van der Waals surface area (Å²) in [4.78, 5) is 36.5. The molecule has 25 heavy (non-hydrogen) atoms. The van der Waals surface area contributed by atoms with Crippen molar-refractivity contribution in [3.63, 3.8) is 0 Å². The van der Waals surface area contributed by atoms with E-state index < -0.39 is 0 Å². The van der Waals surface area contributed by atoms with Crippen molar-refractivity contribution in [2.45, 2.75) is 26.2 Å². The van der Waals surface area contributed by atoms with Gasteiger partial charge >= 0.3 is 0 Å². The molecule has 130 valence electrons. The lowest BCUT2D eigenvalue weighted by Crippen LogP contribution is -2.31. The molecule has 0 spiro atoms. The molecular formula is C19H21N3O3. The molecule has 0 radical (unpaired) electrons. The fraction of sp³-hybridized carbons (Fsp3) is 0.316. The fourth-order valence-electron chi connectivity index (χ4n) is 3.03. The lowest BCUT2D eigenvalue weighted by Gasteiger charge is -2.24. The molecule has 6 heteroatoms. The predicted molar refractivity (Wildman–Crippen MR) is 96.5 cm³/mol. The van der Waals surface area contributed by atoms with Gasteiger partial charge in [-0.2, -0.15) is 0 Å². The summed E-state index contributed by atoms with van der Waals surface area (Å²) in [6, 6.07) is 9.47. The Hall–Kier alpha value is -2.89. The molecule has 2 amide bonds. The lowest BCUT2D eigenvalue weighted by atomic mass is 9.89. The van der Waals surface area contributed by atoms with E-state index in [-0.39, 0.29) is 29.7 Å². The van der Waals surface area contributed by atoms with Crippen LogP contribution in [0.3, 0.4) is 0 Å². The molecule has 6 nitrogen and oxygen atoms in total. The first-order valence-corrected chi connectivity index (χ1v) is 8.30. The number of benzene rings is 1. The fourth-order valence-corrected chi connectivity index (χ4v) is 3.03. The van der Waals surface area contributed by atoms with Crippen molar-refractivity contribution in [1.29, 1.82) is 0 Å². The Kier molecular flexibility index (Phi) is 4.70. The number of para-hydroxylation sites is 1. The number of pyridine rings is 1. The Bertz CT molecular complexity index is 886. The first-order chi connectivity index (χ1) is 12.0. The van der Waals surface area contributed by atoms with E-state index in [1.54, 1.807) is 26.2 Å². The van der Waals surface area contributed by atoms with Crippen LogP contribution in [0.5, 0.6) is 0 Å².